The molecular weight excluding hydrogens is 182 g/mol. The fraction of sp³-hybridized carbons (Fsp3) is 0.333. The van der Waals surface area contributed by atoms with E-state index in [1.54, 1.807) is 6.07 Å². The van der Waals surface area contributed by atoms with Crippen LogP contribution >= 0.6 is 0 Å². The lowest BCUT2D eigenvalue weighted by molar-refractivity contribution is 0.0953. The van der Waals surface area contributed by atoms with Crippen molar-refractivity contribution in [2.75, 3.05) is 13.1 Å². The van der Waals surface area contributed by atoms with Gasteiger partial charge < -0.3 is 16.0 Å². The molecule has 0 radical (unpaired) electrons. The van der Waals surface area contributed by atoms with E-state index in [1.165, 1.54) is 12.3 Å². The molecule has 5 nitrogen and oxygen atoms in total. The Morgan fingerprint density at radius 2 is 2.36 bits per heavy atom. The minimum Gasteiger partial charge on any atom is -0.352 e. The van der Waals surface area contributed by atoms with Crippen molar-refractivity contribution >= 4 is 5.91 Å². The zero-order valence-corrected chi connectivity index (χ0v) is 7.75. The van der Waals surface area contributed by atoms with Crippen molar-refractivity contribution < 1.29 is 4.79 Å². The Morgan fingerprint density at radius 3 is 3.00 bits per heavy atom. The van der Waals surface area contributed by atoms with E-state index in [0.29, 0.717) is 18.7 Å². The second kappa shape index (κ2) is 5.18. The highest BCUT2D eigenvalue weighted by Gasteiger charge is 2.03. The quantitative estimate of drug-likeness (QED) is 0.563. The molecule has 1 heterocycles. The minimum absolute atomic E-state index is 0.246. The van der Waals surface area contributed by atoms with Gasteiger partial charge in [-0.05, 0) is 19.0 Å². The molecule has 0 atom stereocenters. The van der Waals surface area contributed by atoms with Crippen molar-refractivity contribution in [2.24, 2.45) is 5.73 Å². The Kier molecular flexibility index (Phi) is 3.87. The van der Waals surface area contributed by atoms with Crippen LogP contribution < -0.4 is 16.6 Å². The van der Waals surface area contributed by atoms with Crippen LogP contribution in [0.15, 0.2) is 23.1 Å². The number of rotatable bonds is 4. The third-order valence-electron chi connectivity index (χ3n) is 1.70. The van der Waals surface area contributed by atoms with Crippen molar-refractivity contribution in [3.05, 3.63) is 34.2 Å². The summed E-state index contributed by atoms with van der Waals surface area (Å²) in [6.07, 6.45) is 2.18. The fourth-order valence-corrected chi connectivity index (χ4v) is 0.992. The topological polar surface area (TPSA) is 88.0 Å². The van der Waals surface area contributed by atoms with E-state index in [0.717, 1.165) is 6.42 Å². The third-order valence-corrected chi connectivity index (χ3v) is 1.70. The average molecular weight is 195 g/mol. The molecule has 0 saturated carbocycles. The summed E-state index contributed by atoms with van der Waals surface area (Å²) >= 11 is 0. The van der Waals surface area contributed by atoms with Crippen LogP contribution in [0.2, 0.25) is 0 Å². The fourth-order valence-electron chi connectivity index (χ4n) is 0.992. The maximum Gasteiger partial charge on any atom is 0.251 e. The van der Waals surface area contributed by atoms with Gasteiger partial charge in [0.1, 0.15) is 0 Å². The molecule has 1 rings (SSSR count). The number of aromatic amines is 1. The number of H-pyrrole nitrogens is 1. The highest BCUT2D eigenvalue weighted by Crippen LogP contribution is 1.92. The molecule has 0 saturated heterocycles. The summed E-state index contributed by atoms with van der Waals surface area (Å²) in [5.74, 6) is -0.246. The number of amides is 1. The third kappa shape index (κ3) is 3.02. The predicted molar refractivity (Wildman–Crippen MR) is 53.1 cm³/mol. The molecule has 1 aromatic rings. The van der Waals surface area contributed by atoms with E-state index in [4.69, 9.17) is 5.73 Å². The van der Waals surface area contributed by atoms with Gasteiger partial charge in [-0.3, -0.25) is 9.59 Å². The molecule has 5 heteroatoms. The molecule has 0 unspecified atom stereocenters. The summed E-state index contributed by atoms with van der Waals surface area (Å²) in [7, 11) is 0. The molecule has 1 aromatic heterocycles. The summed E-state index contributed by atoms with van der Waals surface area (Å²) in [5.41, 5.74) is 5.36. The minimum atomic E-state index is -0.281. The van der Waals surface area contributed by atoms with Crippen molar-refractivity contribution in [1.29, 1.82) is 0 Å². The van der Waals surface area contributed by atoms with E-state index >= 15 is 0 Å². The lowest BCUT2D eigenvalue weighted by atomic mass is 10.2. The molecule has 0 aromatic carbocycles. The van der Waals surface area contributed by atoms with E-state index < -0.39 is 0 Å². The first-order chi connectivity index (χ1) is 6.74. The molecular formula is C9H13N3O2. The molecule has 0 fully saturated rings. The van der Waals surface area contributed by atoms with Gasteiger partial charge in [-0.25, -0.2) is 0 Å². The van der Waals surface area contributed by atoms with Crippen molar-refractivity contribution in [2.45, 2.75) is 6.42 Å². The van der Waals surface area contributed by atoms with Gasteiger partial charge in [0, 0.05) is 24.4 Å². The first-order valence-corrected chi connectivity index (χ1v) is 4.41. The maximum atomic E-state index is 11.4. The Balaban J connectivity index is 2.56. The summed E-state index contributed by atoms with van der Waals surface area (Å²) in [6, 6.07) is 2.82. The zero-order valence-electron chi connectivity index (χ0n) is 7.75. The summed E-state index contributed by atoms with van der Waals surface area (Å²) in [6.45, 7) is 1.07. The molecule has 4 N–H and O–H groups in total. The van der Waals surface area contributed by atoms with E-state index in [9.17, 15) is 9.59 Å². The number of carbonyl (C=O) groups is 1. The second-order valence-electron chi connectivity index (χ2n) is 2.84. The molecule has 0 aliphatic carbocycles. The van der Waals surface area contributed by atoms with Gasteiger partial charge in [0.05, 0.1) is 0 Å². The molecule has 0 bridgehead atoms. The summed E-state index contributed by atoms with van der Waals surface area (Å²) < 4.78 is 0. The molecule has 0 aliphatic rings. The second-order valence-corrected chi connectivity index (χ2v) is 2.84. The number of hydrogen-bond acceptors (Lipinski definition) is 3. The Morgan fingerprint density at radius 1 is 1.57 bits per heavy atom. The maximum absolute atomic E-state index is 11.4. The molecule has 0 aliphatic heterocycles. The van der Waals surface area contributed by atoms with E-state index in [1.807, 2.05) is 0 Å². The van der Waals surface area contributed by atoms with Crippen molar-refractivity contribution in [1.82, 2.24) is 10.3 Å². The van der Waals surface area contributed by atoms with E-state index in [-0.39, 0.29) is 11.5 Å². The average Bonchev–Trinajstić information content (AvgIpc) is 2.18. The Bertz CT molecular complexity index is 359. The number of nitrogens with one attached hydrogen (secondary N) is 2. The van der Waals surface area contributed by atoms with Gasteiger partial charge in [0.2, 0.25) is 5.56 Å². The molecule has 76 valence electrons. The first-order valence-electron chi connectivity index (χ1n) is 4.41. The first kappa shape index (κ1) is 10.5. The van der Waals surface area contributed by atoms with E-state index in [2.05, 4.69) is 10.3 Å². The number of hydrogen-bond donors (Lipinski definition) is 3. The van der Waals surface area contributed by atoms with Crippen LogP contribution in [0.5, 0.6) is 0 Å². The van der Waals surface area contributed by atoms with Gasteiger partial charge in [-0.2, -0.15) is 0 Å². The van der Waals surface area contributed by atoms with Gasteiger partial charge >= 0.3 is 0 Å². The Hall–Kier alpha value is -1.62. The van der Waals surface area contributed by atoms with Gasteiger partial charge in [-0.1, -0.05) is 0 Å². The molecule has 14 heavy (non-hydrogen) atoms. The van der Waals surface area contributed by atoms with Crippen molar-refractivity contribution in [3.63, 3.8) is 0 Å². The number of aromatic nitrogens is 1. The van der Waals surface area contributed by atoms with Crippen LogP contribution in [0.1, 0.15) is 16.8 Å². The largest absolute Gasteiger partial charge is 0.352 e. The summed E-state index contributed by atoms with van der Waals surface area (Å²) in [5, 5.41) is 2.66. The van der Waals surface area contributed by atoms with Crippen molar-refractivity contribution in [3.8, 4) is 0 Å². The van der Waals surface area contributed by atoms with Gasteiger partial charge in [-0.15, -0.1) is 0 Å². The van der Waals surface area contributed by atoms with Crippen LogP contribution in [-0.4, -0.2) is 24.0 Å². The highest BCUT2D eigenvalue weighted by atomic mass is 16.2. The van der Waals surface area contributed by atoms with Gasteiger partial charge in [0.25, 0.3) is 5.91 Å². The smallest absolute Gasteiger partial charge is 0.251 e. The molecule has 1 amide bonds. The van der Waals surface area contributed by atoms with Crippen LogP contribution in [-0.2, 0) is 0 Å². The van der Waals surface area contributed by atoms with Crippen LogP contribution in [0.25, 0.3) is 0 Å². The predicted octanol–water partition coefficient (Wildman–Crippen LogP) is -0.547. The lowest BCUT2D eigenvalue weighted by Gasteiger charge is -2.02. The number of nitrogens with two attached hydrogens (primary N) is 1. The SMILES string of the molecule is NCCCNC(=O)c1cc[nH]c(=O)c1. The Labute approximate surface area is 81.3 Å². The standard InChI is InChI=1S/C9H13N3O2/c10-3-1-4-12-9(14)7-2-5-11-8(13)6-7/h2,5-6H,1,3-4,10H2,(H,11,13)(H,12,14). The molecule has 0 spiro atoms. The van der Waals surface area contributed by atoms with Crippen LogP contribution in [0, 0.1) is 0 Å². The highest BCUT2D eigenvalue weighted by molar-refractivity contribution is 5.93. The summed E-state index contributed by atoms with van der Waals surface area (Å²) in [4.78, 5) is 24.7. The zero-order chi connectivity index (χ0) is 10.4. The monoisotopic (exact) mass is 195 g/mol. The number of carbonyl (C=O) groups excluding carboxylic acids is 1. The van der Waals surface area contributed by atoms with Crippen LogP contribution in [0.4, 0.5) is 0 Å². The lowest BCUT2D eigenvalue weighted by Crippen LogP contribution is -2.26. The van der Waals surface area contributed by atoms with Crippen LogP contribution in [0.3, 0.4) is 0 Å². The van der Waals surface area contributed by atoms with Gasteiger partial charge in [0.15, 0.2) is 0 Å². The number of pyridine rings is 1. The normalized spacial score (nSPS) is 9.79.